The van der Waals surface area contributed by atoms with Gasteiger partial charge >= 0.3 is 0 Å². The standard InChI is InChI=1S/C23H23N7OS2/c1-17-24-19(15-32-17)16-33-21-9-7-18(8-10-21)22(31)28-11-13-29(14-12-28)23-25-26-27-30(23)20-5-3-2-4-6-20/h2-10,15H,11-14,16H2,1H3. The normalized spacial score (nSPS) is 14.0. The van der Waals surface area contributed by atoms with E-state index in [4.69, 9.17) is 0 Å². The molecular weight excluding hydrogens is 454 g/mol. The zero-order chi connectivity index (χ0) is 22.6. The fraction of sp³-hybridized carbons (Fsp3) is 0.261. The number of hydrogen-bond donors (Lipinski definition) is 0. The Morgan fingerprint density at radius 2 is 1.79 bits per heavy atom. The van der Waals surface area contributed by atoms with Crippen molar-refractivity contribution in [2.75, 3.05) is 31.1 Å². The van der Waals surface area contributed by atoms with Gasteiger partial charge in [0, 0.05) is 47.8 Å². The Kier molecular flexibility index (Phi) is 6.36. The summed E-state index contributed by atoms with van der Waals surface area (Å²) in [7, 11) is 0. The Hall–Kier alpha value is -3.24. The fourth-order valence-electron chi connectivity index (χ4n) is 3.73. The number of para-hydroxylation sites is 1. The van der Waals surface area contributed by atoms with E-state index in [1.165, 1.54) is 0 Å². The molecule has 0 aliphatic carbocycles. The quantitative estimate of drug-likeness (QED) is 0.392. The predicted octanol–water partition coefficient (Wildman–Crippen LogP) is 3.68. The summed E-state index contributed by atoms with van der Waals surface area (Å²) in [6.07, 6.45) is 0. The number of tetrazole rings is 1. The fourth-order valence-corrected chi connectivity index (χ4v) is 5.24. The van der Waals surface area contributed by atoms with Gasteiger partial charge in [-0.25, -0.2) is 4.98 Å². The highest BCUT2D eigenvalue weighted by atomic mass is 32.2. The molecule has 8 nitrogen and oxygen atoms in total. The third kappa shape index (κ3) is 4.91. The van der Waals surface area contributed by atoms with E-state index in [9.17, 15) is 4.79 Å². The van der Waals surface area contributed by atoms with E-state index >= 15 is 0 Å². The number of benzene rings is 2. The number of thioether (sulfide) groups is 1. The summed E-state index contributed by atoms with van der Waals surface area (Å²) in [4.78, 5) is 22.7. The van der Waals surface area contributed by atoms with Crippen LogP contribution in [0.25, 0.3) is 5.69 Å². The van der Waals surface area contributed by atoms with Crippen molar-refractivity contribution in [1.82, 2.24) is 30.1 Å². The average molecular weight is 478 g/mol. The second-order valence-electron chi connectivity index (χ2n) is 7.68. The third-order valence-electron chi connectivity index (χ3n) is 5.46. The summed E-state index contributed by atoms with van der Waals surface area (Å²) in [6.45, 7) is 4.63. The Morgan fingerprint density at radius 3 is 2.48 bits per heavy atom. The summed E-state index contributed by atoms with van der Waals surface area (Å²) in [6, 6.07) is 17.7. The van der Waals surface area contributed by atoms with Crippen LogP contribution < -0.4 is 4.90 Å². The SMILES string of the molecule is Cc1nc(CSc2ccc(C(=O)N3CCN(c4nnnn4-c4ccccc4)CC3)cc2)cs1. The molecule has 168 valence electrons. The molecule has 0 unspecified atom stereocenters. The summed E-state index contributed by atoms with van der Waals surface area (Å²) < 4.78 is 1.74. The Morgan fingerprint density at radius 1 is 1.03 bits per heavy atom. The van der Waals surface area contributed by atoms with Gasteiger partial charge in [-0.1, -0.05) is 23.3 Å². The van der Waals surface area contributed by atoms with Crippen molar-refractivity contribution in [1.29, 1.82) is 0 Å². The Labute approximate surface area is 200 Å². The molecule has 0 spiro atoms. The van der Waals surface area contributed by atoms with E-state index in [1.54, 1.807) is 27.8 Å². The van der Waals surface area contributed by atoms with E-state index in [-0.39, 0.29) is 5.91 Å². The number of hydrogen-bond acceptors (Lipinski definition) is 8. The predicted molar refractivity (Wildman–Crippen MR) is 130 cm³/mol. The van der Waals surface area contributed by atoms with Crippen molar-refractivity contribution in [2.45, 2.75) is 17.6 Å². The second-order valence-corrected chi connectivity index (χ2v) is 9.79. The highest BCUT2D eigenvalue weighted by molar-refractivity contribution is 7.98. The Bertz CT molecular complexity index is 1220. The van der Waals surface area contributed by atoms with Crippen LogP contribution >= 0.6 is 23.1 Å². The molecule has 5 rings (SSSR count). The lowest BCUT2D eigenvalue weighted by molar-refractivity contribution is 0.0746. The molecule has 1 fully saturated rings. The molecule has 0 bridgehead atoms. The number of aromatic nitrogens is 5. The van der Waals surface area contributed by atoms with Crippen LogP contribution in [-0.4, -0.2) is 62.2 Å². The van der Waals surface area contributed by atoms with Crippen LogP contribution in [0.2, 0.25) is 0 Å². The van der Waals surface area contributed by atoms with E-state index < -0.39 is 0 Å². The lowest BCUT2D eigenvalue weighted by Gasteiger charge is -2.34. The first-order valence-electron chi connectivity index (χ1n) is 10.7. The van der Waals surface area contributed by atoms with Gasteiger partial charge in [-0.05, 0) is 53.7 Å². The molecule has 0 N–H and O–H groups in total. The van der Waals surface area contributed by atoms with E-state index in [0.717, 1.165) is 27.0 Å². The van der Waals surface area contributed by atoms with Crippen molar-refractivity contribution in [3.8, 4) is 5.69 Å². The van der Waals surface area contributed by atoms with Gasteiger partial charge in [0.2, 0.25) is 5.95 Å². The van der Waals surface area contributed by atoms with Crippen LogP contribution in [0, 0.1) is 6.92 Å². The highest BCUT2D eigenvalue weighted by Gasteiger charge is 2.25. The molecule has 1 aliphatic heterocycles. The molecule has 1 aliphatic rings. The van der Waals surface area contributed by atoms with Gasteiger partial charge in [0.15, 0.2) is 0 Å². The molecule has 2 aromatic heterocycles. The van der Waals surface area contributed by atoms with Gasteiger partial charge in [-0.2, -0.15) is 4.68 Å². The molecule has 10 heteroatoms. The summed E-state index contributed by atoms with van der Waals surface area (Å²) >= 11 is 3.40. The highest BCUT2D eigenvalue weighted by Crippen LogP contribution is 2.24. The number of piperazine rings is 1. The first kappa shape index (κ1) is 21.6. The third-order valence-corrected chi connectivity index (χ3v) is 7.33. The minimum absolute atomic E-state index is 0.0592. The molecule has 1 saturated heterocycles. The second kappa shape index (κ2) is 9.72. The molecule has 1 amide bonds. The number of amides is 1. The van der Waals surface area contributed by atoms with Gasteiger partial charge in [-0.15, -0.1) is 23.1 Å². The van der Waals surface area contributed by atoms with Crippen LogP contribution in [-0.2, 0) is 5.75 Å². The maximum absolute atomic E-state index is 13.0. The number of carbonyl (C=O) groups excluding carboxylic acids is 1. The van der Waals surface area contributed by atoms with E-state index in [0.29, 0.717) is 37.7 Å². The van der Waals surface area contributed by atoms with Crippen molar-refractivity contribution in [3.05, 3.63) is 76.2 Å². The monoisotopic (exact) mass is 477 g/mol. The zero-order valence-electron chi connectivity index (χ0n) is 18.2. The smallest absolute Gasteiger partial charge is 0.253 e. The molecule has 3 heterocycles. The van der Waals surface area contributed by atoms with Gasteiger partial charge in [0.1, 0.15) is 0 Å². The van der Waals surface area contributed by atoms with E-state index in [2.05, 4.69) is 30.8 Å². The van der Waals surface area contributed by atoms with Crippen LogP contribution in [0.4, 0.5) is 5.95 Å². The van der Waals surface area contributed by atoms with Gasteiger partial charge < -0.3 is 9.80 Å². The summed E-state index contributed by atoms with van der Waals surface area (Å²) in [5.41, 5.74) is 2.73. The number of nitrogens with zero attached hydrogens (tertiary/aromatic N) is 7. The Balaban J connectivity index is 1.18. The molecule has 0 saturated carbocycles. The number of thiazole rings is 1. The van der Waals surface area contributed by atoms with Gasteiger partial charge in [-0.3, -0.25) is 4.79 Å². The number of anilines is 1. The van der Waals surface area contributed by atoms with Crippen molar-refractivity contribution in [2.24, 2.45) is 0 Å². The molecule has 2 aromatic carbocycles. The molecule has 33 heavy (non-hydrogen) atoms. The molecule has 4 aromatic rings. The van der Waals surface area contributed by atoms with Crippen molar-refractivity contribution in [3.63, 3.8) is 0 Å². The first-order valence-corrected chi connectivity index (χ1v) is 12.6. The average Bonchev–Trinajstić information content (AvgIpc) is 3.52. The van der Waals surface area contributed by atoms with Gasteiger partial charge in [0.25, 0.3) is 5.91 Å². The number of carbonyl (C=O) groups is 1. The van der Waals surface area contributed by atoms with Crippen LogP contribution in [0.3, 0.4) is 0 Å². The maximum atomic E-state index is 13.0. The van der Waals surface area contributed by atoms with Gasteiger partial charge in [0.05, 0.1) is 16.4 Å². The largest absolute Gasteiger partial charge is 0.336 e. The minimum Gasteiger partial charge on any atom is -0.336 e. The molecular formula is C23H23N7OS2. The summed E-state index contributed by atoms with van der Waals surface area (Å²) in [5, 5.41) is 15.4. The van der Waals surface area contributed by atoms with Crippen LogP contribution in [0.1, 0.15) is 21.1 Å². The zero-order valence-corrected chi connectivity index (χ0v) is 19.8. The van der Waals surface area contributed by atoms with E-state index in [1.807, 2.05) is 66.4 Å². The molecule has 0 radical (unpaired) electrons. The topological polar surface area (TPSA) is 80.0 Å². The first-order chi connectivity index (χ1) is 16.2. The maximum Gasteiger partial charge on any atom is 0.253 e. The minimum atomic E-state index is 0.0592. The van der Waals surface area contributed by atoms with Crippen LogP contribution in [0.15, 0.2) is 64.9 Å². The van der Waals surface area contributed by atoms with Crippen LogP contribution in [0.5, 0.6) is 0 Å². The van der Waals surface area contributed by atoms with Crippen molar-refractivity contribution < 1.29 is 4.79 Å². The molecule has 0 atom stereocenters. The lowest BCUT2D eigenvalue weighted by atomic mass is 10.2. The van der Waals surface area contributed by atoms with Crippen molar-refractivity contribution >= 4 is 35.0 Å². The number of aryl methyl sites for hydroxylation is 1. The lowest BCUT2D eigenvalue weighted by Crippen LogP contribution is -2.49. The number of rotatable bonds is 6. The summed E-state index contributed by atoms with van der Waals surface area (Å²) in [5.74, 6) is 1.59.